The number of methoxy groups -OCH3 is 2. The normalized spacial score (nSPS) is 12.6. The Balaban J connectivity index is 2.11. The first-order chi connectivity index (χ1) is 20.4. The topological polar surface area (TPSA) is 105 Å². The highest BCUT2D eigenvalue weighted by atomic mass is 32.2. The van der Waals surface area contributed by atoms with Crippen LogP contribution in [0, 0.1) is 12.7 Å². The molecule has 3 rings (SSSR count). The molecule has 2 amide bonds. The van der Waals surface area contributed by atoms with Crippen molar-refractivity contribution in [3.05, 3.63) is 83.7 Å². The summed E-state index contributed by atoms with van der Waals surface area (Å²) in [5.74, 6) is -0.741. The summed E-state index contributed by atoms with van der Waals surface area (Å²) in [4.78, 5) is 28.9. The van der Waals surface area contributed by atoms with Crippen molar-refractivity contribution in [2.24, 2.45) is 0 Å². The second kappa shape index (κ2) is 14.9. The zero-order chi connectivity index (χ0) is 31.7. The molecule has 2 atom stereocenters. The molecule has 0 saturated carbocycles. The van der Waals surface area contributed by atoms with Crippen LogP contribution in [-0.4, -0.2) is 58.0 Å². The molecule has 43 heavy (non-hydrogen) atoms. The van der Waals surface area contributed by atoms with Gasteiger partial charge in [0.05, 0.1) is 24.8 Å². The Morgan fingerprint density at radius 3 is 2.09 bits per heavy atom. The number of ether oxygens (including phenoxy) is 2. The van der Waals surface area contributed by atoms with E-state index in [4.69, 9.17) is 9.47 Å². The molecule has 0 saturated heterocycles. The SMILES string of the molecule is CC[C@@H](C)NC(=O)[C@@H](CC)N(Cc1ccc(F)cc1)C(=O)CN(c1ccc(OC)c(OC)c1)S(=O)(=O)c1ccc(C)cc1. The van der Waals surface area contributed by atoms with E-state index in [2.05, 4.69) is 5.32 Å². The van der Waals surface area contributed by atoms with E-state index < -0.39 is 34.3 Å². The fourth-order valence-electron chi connectivity index (χ4n) is 4.49. The molecule has 0 aliphatic rings. The number of carbonyl (C=O) groups excluding carboxylic acids is 2. The van der Waals surface area contributed by atoms with Crippen LogP contribution < -0.4 is 19.1 Å². The predicted molar refractivity (Wildman–Crippen MR) is 164 cm³/mol. The third-order valence-electron chi connectivity index (χ3n) is 7.20. The van der Waals surface area contributed by atoms with Crippen LogP contribution in [0.5, 0.6) is 11.5 Å². The number of nitrogens with one attached hydrogen (secondary N) is 1. The monoisotopic (exact) mass is 613 g/mol. The zero-order valence-electron chi connectivity index (χ0n) is 25.5. The highest BCUT2D eigenvalue weighted by Gasteiger charge is 2.34. The van der Waals surface area contributed by atoms with Crippen LogP contribution in [0.2, 0.25) is 0 Å². The molecule has 1 N–H and O–H groups in total. The maximum absolute atomic E-state index is 14.2. The van der Waals surface area contributed by atoms with Crippen molar-refractivity contribution in [2.75, 3.05) is 25.1 Å². The minimum atomic E-state index is -4.26. The average Bonchev–Trinajstić information content (AvgIpc) is 3.00. The summed E-state index contributed by atoms with van der Waals surface area (Å²) in [7, 11) is -1.37. The van der Waals surface area contributed by atoms with Crippen molar-refractivity contribution >= 4 is 27.5 Å². The summed E-state index contributed by atoms with van der Waals surface area (Å²) in [6.45, 7) is 6.78. The molecule has 9 nitrogen and oxygen atoms in total. The van der Waals surface area contributed by atoms with E-state index in [0.29, 0.717) is 17.7 Å². The number of aryl methyl sites for hydroxylation is 1. The van der Waals surface area contributed by atoms with Crippen LogP contribution in [0.4, 0.5) is 10.1 Å². The van der Waals surface area contributed by atoms with E-state index >= 15 is 0 Å². The van der Waals surface area contributed by atoms with Gasteiger partial charge >= 0.3 is 0 Å². The number of hydrogen-bond acceptors (Lipinski definition) is 6. The van der Waals surface area contributed by atoms with E-state index in [1.54, 1.807) is 25.1 Å². The van der Waals surface area contributed by atoms with Gasteiger partial charge in [-0.05, 0) is 68.7 Å². The summed E-state index contributed by atoms with van der Waals surface area (Å²) >= 11 is 0. The predicted octanol–water partition coefficient (Wildman–Crippen LogP) is 5.07. The van der Waals surface area contributed by atoms with Crippen LogP contribution in [0.15, 0.2) is 71.6 Å². The van der Waals surface area contributed by atoms with E-state index in [-0.39, 0.29) is 41.2 Å². The largest absolute Gasteiger partial charge is 0.493 e. The molecule has 0 aliphatic carbocycles. The molecule has 0 aromatic heterocycles. The second-order valence-corrected chi connectivity index (χ2v) is 12.1. The molecule has 0 bridgehead atoms. The maximum Gasteiger partial charge on any atom is 0.264 e. The Morgan fingerprint density at radius 2 is 1.53 bits per heavy atom. The maximum atomic E-state index is 14.2. The summed E-state index contributed by atoms with van der Waals surface area (Å²) < 4.78 is 53.6. The lowest BCUT2D eigenvalue weighted by Crippen LogP contribution is -2.53. The number of hydrogen-bond donors (Lipinski definition) is 1. The minimum absolute atomic E-state index is 0.00711. The van der Waals surface area contributed by atoms with Gasteiger partial charge in [0.2, 0.25) is 11.8 Å². The summed E-state index contributed by atoms with van der Waals surface area (Å²) in [5, 5.41) is 2.93. The molecule has 0 aliphatic heterocycles. The van der Waals surface area contributed by atoms with Gasteiger partial charge in [0, 0.05) is 18.7 Å². The third-order valence-corrected chi connectivity index (χ3v) is 8.98. The van der Waals surface area contributed by atoms with Gasteiger partial charge in [-0.2, -0.15) is 0 Å². The summed E-state index contributed by atoms with van der Waals surface area (Å²) in [6, 6.07) is 15.5. The lowest BCUT2D eigenvalue weighted by atomic mass is 10.1. The fraction of sp³-hybridized carbons (Fsp3) is 0.375. The van der Waals surface area contributed by atoms with Crippen LogP contribution in [0.1, 0.15) is 44.7 Å². The van der Waals surface area contributed by atoms with Gasteiger partial charge in [0.15, 0.2) is 11.5 Å². The van der Waals surface area contributed by atoms with Crippen LogP contribution in [-0.2, 0) is 26.2 Å². The van der Waals surface area contributed by atoms with Crippen LogP contribution >= 0.6 is 0 Å². The quantitative estimate of drug-likeness (QED) is 0.272. The Bertz CT molecular complexity index is 1500. The number of benzene rings is 3. The van der Waals surface area contributed by atoms with E-state index in [0.717, 1.165) is 9.87 Å². The van der Waals surface area contributed by atoms with Crippen molar-refractivity contribution in [2.45, 2.75) is 64.1 Å². The number of nitrogens with zero attached hydrogens (tertiary/aromatic N) is 2. The first kappa shape index (κ1) is 33.4. The van der Waals surface area contributed by atoms with E-state index in [1.165, 1.54) is 67.7 Å². The number of carbonyl (C=O) groups is 2. The standard InChI is InChI=1S/C32H40FN3O6S/c1-7-23(4)34-32(38)28(8-2)35(20-24-11-13-25(33)14-12-24)31(37)21-36(26-15-18-29(41-5)30(19-26)42-6)43(39,40)27-16-9-22(3)10-17-27/h9-19,23,28H,7-8,20-21H2,1-6H3,(H,34,38)/t23-,28-/m1/s1. The lowest BCUT2D eigenvalue weighted by Gasteiger charge is -2.33. The summed E-state index contributed by atoms with van der Waals surface area (Å²) in [5.41, 5.74) is 1.63. The Labute approximate surface area is 253 Å². The van der Waals surface area contributed by atoms with E-state index in [9.17, 15) is 22.4 Å². The molecular formula is C32H40FN3O6S. The molecule has 11 heteroatoms. The minimum Gasteiger partial charge on any atom is -0.493 e. The molecule has 0 radical (unpaired) electrons. The first-order valence-corrected chi connectivity index (χ1v) is 15.5. The second-order valence-electron chi connectivity index (χ2n) is 10.3. The van der Waals surface area contributed by atoms with Crippen molar-refractivity contribution in [3.63, 3.8) is 0 Å². The Hall–Kier alpha value is -4.12. The van der Waals surface area contributed by atoms with Crippen LogP contribution in [0.25, 0.3) is 0 Å². The first-order valence-electron chi connectivity index (χ1n) is 14.1. The number of amides is 2. The molecule has 3 aromatic carbocycles. The molecule has 3 aromatic rings. The molecule has 0 unspecified atom stereocenters. The van der Waals surface area contributed by atoms with Gasteiger partial charge in [0.1, 0.15) is 18.4 Å². The molecular weight excluding hydrogens is 573 g/mol. The molecule has 0 fully saturated rings. The summed E-state index contributed by atoms with van der Waals surface area (Å²) in [6.07, 6.45) is 0.965. The van der Waals surface area contributed by atoms with Gasteiger partial charge in [-0.25, -0.2) is 12.8 Å². The Kier molecular flexibility index (Phi) is 11.5. The molecule has 0 spiro atoms. The van der Waals surface area contributed by atoms with Gasteiger partial charge < -0.3 is 19.7 Å². The Morgan fingerprint density at radius 1 is 0.907 bits per heavy atom. The van der Waals surface area contributed by atoms with Gasteiger partial charge in [0.25, 0.3) is 10.0 Å². The van der Waals surface area contributed by atoms with Crippen molar-refractivity contribution < 1.29 is 31.9 Å². The number of halogens is 1. The van der Waals surface area contributed by atoms with Gasteiger partial charge in [-0.3, -0.25) is 13.9 Å². The third kappa shape index (κ3) is 8.25. The van der Waals surface area contributed by atoms with Crippen LogP contribution in [0.3, 0.4) is 0 Å². The van der Waals surface area contributed by atoms with Gasteiger partial charge in [-0.1, -0.05) is 43.7 Å². The van der Waals surface area contributed by atoms with Crippen molar-refractivity contribution in [1.29, 1.82) is 0 Å². The highest BCUT2D eigenvalue weighted by Crippen LogP contribution is 2.34. The smallest absolute Gasteiger partial charge is 0.264 e. The molecule has 0 heterocycles. The average molecular weight is 614 g/mol. The highest BCUT2D eigenvalue weighted by molar-refractivity contribution is 7.92. The van der Waals surface area contributed by atoms with Gasteiger partial charge in [-0.15, -0.1) is 0 Å². The zero-order valence-corrected chi connectivity index (χ0v) is 26.3. The number of anilines is 1. The fourth-order valence-corrected chi connectivity index (χ4v) is 5.90. The number of sulfonamides is 1. The molecule has 232 valence electrons. The van der Waals surface area contributed by atoms with Crippen molar-refractivity contribution in [3.8, 4) is 11.5 Å². The number of rotatable bonds is 14. The van der Waals surface area contributed by atoms with Crippen molar-refractivity contribution in [1.82, 2.24) is 10.2 Å². The lowest BCUT2D eigenvalue weighted by molar-refractivity contribution is -0.140. The van der Waals surface area contributed by atoms with E-state index in [1.807, 2.05) is 20.8 Å².